The van der Waals surface area contributed by atoms with E-state index < -0.39 is 10.0 Å². The molecule has 2 saturated heterocycles. The molecule has 0 aliphatic carbocycles. The molecule has 2 aliphatic rings. The van der Waals surface area contributed by atoms with Gasteiger partial charge in [0.1, 0.15) is 0 Å². The monoisotopic (exact) mass is 427 g/mol. The summed E-state index contributed by atoms with van der Waals surface area (Å²) in [4.78, 5) is 0.351. The largest absolute Gasteiger partial charge is 0.376 e. The van der Waals surface area contributed by atoms with Crippen LogP contribution in [0.3, 0.4) is 0 Å². The second kappa shape index (κ2) is 9.18. The lowest BCUT2D eigenvalue weighted by atomic mass is 9.67. The zero-order chi connectivity index (χ0) is 21.0. The minimum atomic E-state index is -3.51. The Morgan fingerprint density at radius 1 is 1.13 bits per heavy atom. The molecule has 0 amide bonds. The zero-order valence-corrected chi connectivity index (χ0v) is 18.4. The third-order valence-electron chi connectivity index (χ3n) is 6.44. The third kappa shape index (κ3) is 4.06. The van der Waals surface area contributed by atoms with Crippen LogP contribution >= 0.6 is 0 Å². The van der Waals surface area contributed by atoms with Gasteiger partial charge in [-0.1, -0.05) is 48.5 Å². The smallest absolute Gasteiger partial charge is 0.243 e. The number of hydrogen-bond acceptors (Lipinski definition) is 4. The third-order valence-corrected chi connectivity index (χ3v) is 8.32. The molecule has 161 valence electrons. The Labute approximate surface area is 180 Å². The molecule has 3 unspecified atom stereocenters. The van der Waals surface area contributed by atoms with Crippen molar-refractivity contribution in [3.8, 4) is 0 Å². The number of rotatable bonds is 7. The predicted molar refractivity (Wildman–Crippen MR) is 119 cm³/mol. The summed E-state index contributed by atoms with van der Waals surface area (Å²) in [6, 6.07) is 19.4. The van der Waals surface area contributed by atoms with Crippen LogP contribution in [0.2, 0.25) is 0 Å². The molecule has 1 N–H and O–H groups in total. The minimum Gasteiger partial charge on any atom is -0.376 e. The molecule has 2 aliphatic heterocycles. The van der Waals surface area contributed by atoms with E-state index in [1.165, 1.54) is 5.56 Å². The fourth-order valence-corrected chi connectivity index (χ4v) is 6.34. The summed E-state index contributed by atoms with van der Waals surface area (Å²) in [7, 11) is -3.51. The van der Waals surface area contributed by atoms with Crippen molar-refractivity contribution in [1.29, 1.82) is 0 Å². The second-order valence-electron chi connectivity index (χ2n) is 8.12. The van der Waals surface area contributed by atoms with Crippen LogP contribution in [0.4, 0.5) is 0 Å². The number of sulfonamides is 1. The van der Waals surface area contributed by atoms with E-state index in [4.69, 9.17) is 4.74 Å². The average Bonchev–Trinajstić information content (AvgIpc) is 3.33. The van der Waals surface area contributed by atoms with E-state index in [9.17, 15) is 8.42 Å². The van der Waals surface area contributed by atoms with Crippen molar-refractivity contribution in [3.05, 3.63) is 72.6 Å². The van der Waals surface area contributed by atoms with Gasteiger partial charge in [-0.3, -0.25) is 0 Å². The Morgan fingerprint density at radius 2 is 1.83 bits per heavy atom. The molecule has 0 saturated carbocycles. The van der Waals surface area contributed by atoms with E-state index in [2.05, 4.69) is 36.0 Å². The maximum absolute atomic E-state index is 13.1. The van der Waals surface area contributed by atoms with Crippen molar-refractivity contribution in [2.24, 2.45) is 0 Å². The molecule has 4 rings (SSSR count). The van der Waals surface area contributed by atoms with E-state index in [-0.39, 0.29) is 17.6 Å². The number of ether oxygens (including phenoxy) is 1. The Kier molecular flexibility index (Phi) is 6.58. The van der Waals surface area contributed by atoms with E-state index in [1.807, 2.05) is 19.1 Å². The van der Waals surface area contributed by atoms with Crippen LogP contribution in [0, 0.1) is 6.42 Å². The predicted octanol–water partition coefficient (Wildman–Crippen LogP) is 3.38. The van der Waals surface area contributed by atoms with Gasteiger partial charge in [0.25, 0.3) is 0 Å². The summed E-state index contributed by atoms with van der Waals surface area (Å²) < 4.78 is 34.3. The van der Waals surface area contributed by atoms with Gasteiger partial charge in [0.15, 0.2) is 0 Å². The van der Waals surface area contributed by atoms with Gasteiger partial charge >= 0.3 is 0 Å². The van der Waals surface area contributed by atoms with Crippen LogP contribution in [0.15, 0.2) is 65.6 Å². The van der Waals surface area contributed by atoms with Gasteiger partial charge in [-0.25, -0.2) is 8.42 Å². The molecule has 30 heavy (non-hydrogen) atoms. The number of benzene rings is 2. The van der Waals surface area contributed by atoms with Gasteiger partial charge < -0.3 is 10.1 Å². The van der Waals surface area contributed by atoms with Crippen molar-refractivity contribution >= 4 is 10.0 Å². The maximum atomic E-state index is 13.1. The molecule has 0 aromatic heterocycles. The first-order valence-electron chi connectivity index (χ1n) is 10.9. The zero-order valence-electron chi connectivity index (χ0n) is 17.5. The van der Waals surface area contributed by atoms with Crippen molar-refractivity contribution in [1.82, 2.24) is 9.62 Å². The van der Waals surface area contributed by atoms with Gasteiger partial charge in [-0.15, -0.1) is 0 Å². The molecule has 0 bridgehead atoms. The summed E-state index contributed by atoms with van der Waals surface area (Å²) in [5, 5.41) is 3.62. The van der Waals surface area contributed by atoms with E-state index >= 15 is 0 Å². The maximum Gasteiger partial charge on any atom is 0.243 e. The number of hydrogen-bond donors (Lipinski definition) is 1. The molecular weight excluding hydrogens is 396 g/mol. The standard InChI is InChI=1S/C24H31N2O3S/c1-2-29-23(22-14-9-17-25-22)24(20-10-5-3-6-11-20)15-18-26(19-16-24)30(27,28)21-12-7-4-8-13-21/h3-8,10-13,15,22-23,25H,2,9,14,16-19H2,1H3. The lowest BCUT2D eigenvalue weighted by Gasteiger charge is -2.48. The molecular formula is C24H31N2O3S. The fraction of sp³-hybridized carbons (Fsp3) is 0.458. The summed E-state index contributed by atoms with van der Waals surface area (Å²) in [6.45, 7) is 4.53. The van der Waals surface area contributed by atoms with E-state index in [0.29, 0.717) is 31.0 Å². The highest BCUT2D eigenvalue weighted by Crippen LogP contribution is 2.43. The number of piperidine rings is 1. The molecule has 2 heterocycles. The van der Waals surface area contributed by atoms with Crippen LogP contribution in [-0.2, 0) is 20.2 Å². The lowest BCUT2D eigenvalue weighted by Crippen LogP contribution is -2.57. The lowest BCUT2D eigenvalue weighted by molar-refractivity contribution is -0.0193. The first kappa shape index (κ1) is 21.5. The molecule has 6 heteroatoms. The molecule has 5 nitrogen and oxygen atoms in total. The van der Waals surface area contributed by atoms with Gasteiger partial charge in [-0.05, 0) is 56.8 Å². The van der Waals surface area contributed by atoms with Crippen LogP contribution in [0.1, 0.15) is 31.7 Å². The first-order chi connectivity index (χ1) is 14.6. The average molecular weight is 428 g/mol. The van der Waals surface area contributed by atoms with Gasteiger partial charge in [0, 0.05) is 31.2 Å². The topological polar surface area (TPSA) is 58.6 Å². The Bertz CT molecular complexity index is 904. The van der Waals surface area contributed by atoms with Crippen LogP contribution in [-0.4, -0.2) is 51.1 Å². The Hall–Kier alpha value is -1.73. The highest BCUT2D eigenvalue weighted by molar-refractivity contribution is 7.89. The quantitative estimate of drug-likeness (QED) is 0.736. The Morgan fingerprint density at radius 3 is 2.40 bits per heavy atom. The Balaban J connectivity index is 1.64. The normalized spacial score (nSPS) is 23.3. The van der Waals surface area contributed by atoms with Gasteiger partial charge in [0.05, 0.1) is 11.0 Å². The number of nitrogens with one attached hydrogen (secondary N) is 1. The molecule has 0 spiro atoms. The number of nitrogens with zero attached hydrogens (tertiary/aromatic N) is 1. The minimum absolute atomic E-state index is 0.0195. The SMILES string of the molecule is CCOC(C1CCCN1)C1(c2ccccc2)[CH]CN(S(=O)(=O)c2ccccc2)CC1. The highest BCUT2D eigenvalue weighted by Gasteiger charge is 2.49. The summed E-state index contributed by atoms with van der Waals surface area (Å²) >= 11 is 0. The van der Waals surface area contributed by atoms with E-state index in [0.717, 1.165) is 19.4 Å². The molecule has 1 radical (unpaired) electrons. The molecule has 2 aromatic rings. The molecule has 2 fully saturated rings. The highest BCUT2D eigenvalue weighted by atomic mass is 32.2. The fourth-order valence-electron chi connectivity index (χ4n) is 4.93. The van der Waals surface area contributed by atoms with E-state index in [1.54, 1.807) is 28.6 Å². The second-order valence-corrected chi connectivity index (χ2v) is 10.1. The van der Waals surface area contributed by atoms with Crippen molar-refractivity contribution in [2.45, 2.75) is 48.6 Å². The van der Waals surface area contributed by atoms with Crippen molar-refractivity contribution in [3.63, 3.8) is 0 Å². The van der Waals surface area contributed by atoms with Crippen LogP contribution < -0.4 is 5.32 Å². The van der Waals surface area contributed by atoms with Crippen LogP contribution in [0.5, 0.6) is 0 Å². The van der Waals surface area contributed by atoms with Crippen molar-refractivity contribution < 1.29 is 13.2 Å². The van der Waals surface area contributed by atoms with Crippen molar-refractivity contribution in [2.75, 3.05) is 26.2 Å². The first-order valence-corrected chi connectivity index (χ1v) is 12.3. The van der Waals surface area contributed by atoms with Gasteiger partial charge in [0.2, 0.25) is 10.0 Å². The van der Waals surface area contributed by atoms with Gasteiger partial charge in [-0.2, -0.15) is 4.31 Å². The summed E-state index contributed by atoms with van der Waals surface area (Å²) in [5.74, 6) is 0. The summed E-state index contributed by atoms with van der Waals surface area (Å²) in [6.07, 6.45) is 5.10. The molecule has 3 atom stereocenters. The van der Waals surface area contributed by atoms with Crippen LogP contribution in [0.25, 0.3) is 0 Å². The summed E-state index contributed by atoms with van der Waals surface area (Å²) in [5.41, 5.74) is 0.885. The molecule has 2 aromatic carbocycles.